The van der Waals surface area contributed by atoms with Crippen molar-refractivity contribution in [1.29, 1.82) is 0 Å². The van der Waals surface area contributed by atoms with Crippen LogP contribution in [-0.2, 0) is 14.3 Å². The van der Waals surface area contributed by atoms with Gasteiger partial charge in [0.2, 0.25) is 0 Å². The van der Waals surface area contributed by atoms with Crippen LogP contribution in [0, 0.1) is 5.92 Å². The SMILES string of the molecule is CC1CNCC(OS(=O)(=O)C(F)(F)F)C1. The molecule has 4 nitrogen and oxygen atoms in total. The first-order valence-electron chi connectivity index (χ1n) is 4.42. The van der Waals surface area contributed by atoms with Gasteiger partial charge in [-0.2, -0.15) is 21.6 Å². The molecule has 90 valence electrons. The van der Waals surface area contributed by atoms with Gasteiger partial charge in [0, 0.05) is 6.54 Å². The molecule has 2 unspecified atom stereocenters. The van der Waals surface area contributed by atoms with Gasteiger partial charge in [0.1, 0.15) is 0 Å². The van der Waals surface area contributed by atoms with E-state index in [4.69, 9.17) is 0 Å². The predicted molar refractivity (Wildman–Crippen MR) is 46.5 cm³/mol. The molecule has 1 heterocycles. The molecule has 0 bridgehead atoms. The summed E-state index contributed by atoms with van der Waals surface area (Å²) in [6, 6.07) is 0. The lowest BCUT2D eigenvalue weighted by atomic mass is 10.0. The van der Waals surface area contributed by atoms with Gasteiger partial charge in [-0.15, -0.1) is 0 Å². The molecule has 1 aliphatic rings. The third-order valence-electron chi connectivity index (χ3n) is 2.08. The van der Waals surface area contributed by atoms with Gasteiger partial charge in [0.15, 0.2) is 0 Å². The number of rotatable bonds is 2. The average Bonchev–Trinajstić information content (AvgIpc) is 2.00. The van der Waals surface area contributed by atoms with Crippen molar-refractivity contribution in [3.8, 4) is 0 Å². The molecule has 1 aliphatic heterocycles. The van der Waals surface area contributed by atoms with E-state index < -0.39 is 21.7 Å². The number of nitrogens with one attached hydrogen (secondary N) is 1. The van der Waals surface area contributed by atoms with Gasteiger partial charge in [-0.05, 0) is 18.9 Å². The second kappa shape index (κ2) is 4.26. The fourth-order valence-electron chi connectivity index (χ4n) is 1.41. The number of halogens is 3. The van der Waals surface area contributed by atoms with E-state index in [-0.39, 0.29) is 12.5 Å². The van der Waals surface area contributed by atoms with Crippen molar-refractivity contribution in [2.45, 2.75) is 25.0 Å². The summed E-state index contributed by atoms with van der Waals surface area (Å²) in [5.74, 6) is 0.104. The first kappa shape index (κ1) is 12.7. The van der Waals surface area contributed by atoms with Crippen LogP contribution in [0.5, 0.6) is 0 Å². The largest absolute Gasteiger partial charge is 0.523 e. The Labute approximate surface area is 85.9 Å². The van der Waals surface area contributed by atoms with Crippen molar-refractivity contribution < 1.29 is 25.8 Å². The van der Waals surface area contributed by atoms with Gasteiger partial charge in [-0.3, -0.25) is 4.18 Å². The minimum atomic E-state index is -5.46. The molecule has 0 aromatic carbocycles. The topological polar surface area (TPSA) is 55.4 Å². The molecule has 15 heavy (non-hydrogen) atoms. The first-order chi connectivity index (χ1) is 6.72. The molecule has 2 atom stereocenters. The zero-order valence-electron chi connectivity index (χ0n) is 8.04. The highest BCUT2D eigenvalue weighted by molar-refractivity contribution is 7.87. The molecule has 0 radical (unpaired) electrons. The maximum absolute atomic E-state index is 12.0. The zero-order valence-corrected chi connectivity index (χ0v) is 8.86. The maximum atomic E-state index is 12.0. The number of piperidine rings is 1. The molecule has 1 saturated heterocycles. The zero-order chi connectivity index (χ0) is 11.7. The predicted octanol–water partition coefficient (Wildman–Crippen LogP) is 0.851. The van der Waals surface area contributed by atoms with E-state index in [1.807, 2.05) is 6.92 Å². The lowest BCUT2D eigenvalue weighted by molar-refractivity contribution is -0.0585. The smallest absolute Gasteiger partial charge is 0.314 e. The van der Waals surface area contributed by atoms with Crippen molar-refractivity contribution in [3.05, 3.63) is 0 Å². The van der Waals surface area contributed by atoms with E-state index in [1.54, 1.807) is 0 Å². The van der Waals surface area contributed by atoms with E-state index in [0.29, 0.717) is 13.0 Å². The summed E-state index contributed by atoms with van der Waals surface area (Å²) in [6.45, 7) is 2.59. The molecule has 0 aliphatic carbocycles. The lowest BCUT2D eigenvalue weighted by Crippen LogP contribution is -2.42. The minimum Gasteiger partial charge on any atom is -0.314 e. The first-order valence-corrected chi connectivity index (χ1v) is 5.83. The highest BCUT2D eigenvalue weighted by atomic mass is 32.2. The normalized spacial score (nSPS) is 29.1. The second-order valence-corrected chi connectivity index (χ2v) is 5.18. The minimum absolute atomic E-state index is 0.104. The van der Waals surface area contributed by atoms with E-state index in [9.17, 15) is 21.6 Å². The van der Waals surface area contributed by atoms with Gasteiger partial charge >= 0.3 is 15.6 Å². The Balaban J connectivity index is 2.62. The Bertz CT molecular complexity index is 314. The van der Waals surface area contributed by atoms with E-state index >= 15 is 0 Å². The molecular weight excluding hydrogens is 235 g/mol. The van der Waals surface area contributed by atoms with Gasteiger partial charge in [-0.1, -0.05) is 6.92 Å². The Morgan fingerprint density at radius 1 is 1.33 bits per heavy atom. The van der Waals surface area contributed by atoms with Crippen LogP contribution >= 0.6 is 0 Å². The lowest BCUT2D eigenvalue weighted by Gasteiger charge is -2.27. The Morgan fingerprint density at radius 2 is 1.93 bits per heavy atom. The van der Waals surface area contributed by atoms with Gasteiger partial charge in [-0.25, -0.2) is 0 Å². The summed E-state index contributed by atoms with van der Waals surface area (Å²) in [7, 11) is -5.46. The molecule has 1 rings (SSSR count). The fraction of sp³-hybridized carbons (Fsp3) is 1.00. The van der Waals surface area contributed by atoms with Crippen LogP contribution in [0.3, 0.4) is 0 Å². The summed E-state index contributed by atoms with van der Waals surface area (Å²) < 4.78 is 61.3. The van der Waals surface area contributed by atoms with E-state index in [0.717, 1.165) is 0 Å². The van der Waals surface area contributed by atoms with Crippen LogP contribution in [0.25, 0.3) is 0 Å². The molecular formula is C7H12F3NO3S. The number of hydrogen-bond acceptors (Lipinski definition) is 4. The van der Waals surface area contributed by atoms with Crippen LogP contribution in [0.15, 0.2) is 0 Å². The summed E-state index contributed by atoms with van der Waals surface area (Å²) in [4.78, 5) is 0. The Morgan fingerprint density at radius 3 is 2.40 bits per heavy atom. The van der Waals surface area contributed by atoms with Gasteiger partial charge < -0.3 is 5.32 Å². The van der Waals surface area contributed by atoms with Crippen LogP contribution in [-0.4, -0.2) is 33.1 Å². The second-order valence-electron chi connectivity index (χ2n) is 3.62. The van der Waals surface area contributed by atoms with Crippen molar-refractivity contribution >= 4 is 10.1 Å². The molecule has 1 fully saturated rings. The summed E-state index contributed by atoms with van der Waals surface area (Å²) in [5.41, 5.74) is -5.34. The quantitative estimate of drug-likeness (QED) is 0.580. The van der Waals surface area contributed by atoms with Crippen molar-refractivity contribution in [1.82, 2.24) is 5.32 Å². The molecule has 1 N–H and O–H groups in total. The molecule has 0 amide bonds. The third-order valence-corrected chi connectivity index (χ3v) is 3.17. The van der Waals surface area contributed by atoms with Crippen LogP contribution in [0.1, 0.15) is 13.3 Å². The van der Waals surface area contributed by atoms with Crippen molar-refractivity contribution in [2.75, 3.05) is 13.1 Å². The number of alkyl halides is 3. The molecule has 0 aromatic rings. The van der Waals surface area contributed by atoms with Crippen molar-refractivity contribution in [3.63, 3.8) is 0 Å². The Kier molecular flexibility index (Phi) is 3.62. The molecule has 0 saturated carbocycles. The number of hydrogen-bond donors (Lipinski definition) is 1. The average molecular weight is 247 g/mol. The molecule has 0 spiro atoms. The van der Waals surface area contributed by atoms with Crippen LogP contribution in [0.2, 0.25) is 0 Å². The van der Waals surface area contributed by atoms with Gasteiger partial charge in [0.25, 0.3) is 0 Å². The highest BCUT2D eigenvalue weighted by Gasteiger charge is 2.48. The summed E-state index contributed by atoms with van der Waals surface area (Å²) in [6.07, 6.45) is -0.622. The summed E-state index contributed by atoms with van der Waals surface area (Å²) in [5, 5.41) is 2.80. The Hall–Kier alpha value is -0.340. The van der Waals surface area contributed by atoms with E-state index in [2.05, 4.69) is 9.50 Å². The van der Waals surface area contributed by atoms with Crippen LogP contribution in [0.4, 0.5) is 13.2 Å². The fourth-order valence-corrected chi connectivity index (χ4v) is 2.03. The van der Waals surface area contributed by atoms with Crippen molar-refractivity contribution in [2.24, 2.45) is 5.92 Å². The molecule has 0 aromatic heterocycles. The monoisotopic (exact) mass is 247 g/mol. The highest BCUT2D eigenvalue weighted by Crippen LogP contribution is 2.27. The third kappa shape index (κ3) is 3.32. The van der Waals surface area contributed by atoms with Gasteiger partial charge in [0.05, 0.1) is 6.10 Å². The molecule has 8 heteroatoms. The summed E-state index contributed by atoms with van der Waals surface area (Å²) >= 11 is 0. The van der Waals surface area contributed by atoms with Crippen LogP contribution < -0.4 is 5.32 Å². The maximum Gasteiger partial charge on any atom is 0.523 e. The standard InChI is InChI=1S/C7H12F3NO3S/c1-5-2-6(4-11-3-5)14-15(12,13)7(8,9)10/h5-6,11H,2-4H2,1H3. The van der Waals surface area contributed by atoms with E-state index in [1.165, 1.54) is 0 Å².